The molecule has 3 aromatic heterocycles. The van der Waals surface area contributed by atoms with E-state index in [9.17, 15) is 0 Å². The highest BCUT2D eigenvalue weighted by Crippen LogP contribution is 2.48. The van der Waals surface area contributed by atoms with E-state index in [4.69, 9.17) is 8.53 Å². The fraction of sp³-hybridized carbons (Fsp3) is 0.318. The molecule has 0 radical (unpaired) electrons. The van der Waals surface area contributed by atoms with Crippen molar-refractivity contribution < 1.29 is 8.53 Å². The van der Waals surface area contributed by atoms with Crippen molar-refractivity contribution in [2.75, 3.05) is 9.80 Å². The van der Waals surface area contributed by atoms with Crippen LogP contribution in [0.2, 0.25) is 0 Å². The Morgan fingerprint density at radius 1 is 1.04 bits per heavy atom. The molecule has 1 aromatic carbocycles. The summed E-state index contributed by atoms with van der Waals surface area (Å²) < 4.78 is 30.6. The summed E-state index contributed by atoms with van der Waals surface area (Å²) in [5.41, 5.74) is 1.93. The molecule has 0 bridgehead atoms. The molecule has 5 rings (SSSR count). The standard InChI is InChI=1S/C22H23N5O/c1-13-8-9-15-16-7-6-10-25-21(16)28-18(15)17(13)26-14(2)27(22(3,4)5)20-19(26)23-11-12-24-20/h6-12,14H,1-5H3/i3D3. The molecule has 0 saturated heterocycles. The third-order valence-corrected chi connectivity index (χ3v) is 5.30. The van der Waals surface area contributed by atoms with Gasteiger partial charge in [0.2, 0.25) is 5.71 Å². The van der Waals surface area contributed by atoms with Crippen molar-refractivity contribution in [2.45, 2.75) is 46.3 Å². The molecule has 0 spiro atoms. The van der Waals surface area contributed by atoms with Crippen molar-refractivity contribution in [3.8, 4) is 0 Å². The van der Waals surface area contributed by atoms with Gasteiger partial charge in [0.25, 0.3) is 0 Å². The minimum atomic E-state index is -2.23. The number of benzene rings is 1. The van der Waals surface area contributed by atoms with Crippen LogP contribution in [-0.4, -0.2) is 26.7 Å². The molecule has 1 unspecified atom stereocenters. The Labute approximate surface area is 168 Å². The van der Waals surface area contributed by atoms with E-state index >= 15 is 0 Å². The molecule has 1 atom stereocenters. The maximum absolute atomic E-state index is 8.15. The van der Waals surface area contributed by atoms with Crippen molar-refractivity contribution in [3.05, 3.63) is 48.4 Å². The van der Waals surface area contributed by atoms with Gasteiger partial charge in [0.15, 0.2) is 17.2 Å². The van der Waals surface area contributed by atoms with Gasteiger partial charge in [-0.25, -0.2) is 15.0 Å². The van der Waals surface area contributed by atoms with E-state index in [2.05, 4.69) is 15.0 Å². The molecule has 0 fully saturated rings. The predicted molar refractivity (Wildman–Crippen MR) is 112 cm³/mol. The van der Waals surface area contributed by atoms with Gasteiger partial charge in [-0.05, 0) is 52.2 Å². The molecule has 4 aromatic rings. The molecule has 6 heteroatoms. The SMILES string of the molecule is [2H]C([2H])([2H])C(C)(C)N1c2nccnc2N(c2c(C)ccc3c2oc2ncccc23)C1C. The quantitative estimate of drug-likeness (QED) is 0.456. The van der Waals surface area contributed by atoms with Gasteiger partial charge in [-0.15, -0.1) is 0 Å². The first-order valence-corrected chi connectivity index (χ1v) is 9.29. The number of rotatable bonds is 1. The molecule has 28 heavy (non-hydrogen) atoms. The van der Waals surface area contributed by atoms with Crippen LogP contribution in [0.4, 0.5) is 17.3 Å². The van der Waals surface area contributed by atoms with E-state index in [0.29, 0.717) is 22.9 Å². The molecule has 0 N–H and O–H groups in total. The maximum Gasteiger partial charge on any atom is 0.227 e. The smallest absolute Gasteiger partial charge is 0.227 e. The average molecular weight is 376 g/mol. The Hall–Kier alpha value is -3.15. The van der Waals surface area contributed by atoms with Gasteiger partial charge in [-0.3, -0.25) is 4.90 Å². The molecular weight excluding hydrogens is 350 g/mol. The zero-order chi connectivity index (χ0) is 22.1. The molecule has 142 valence electrons. The summed E-state index contributed by atoms with van der Waals surface area (Å²) in [5.74, 6) is 1.15. The van der Waals surface area contributed by atoms with Crippen molar-refractivity contribution in [3.63, 3.8) is 0 Å². The number of hydrogen-bond acceptors (Lipinski definition) is 6. The fourth-order valence-electron chi connectivity index (χ4n) is 4.22. The first kappa shape index (κ1) is 13.9. The number of hydrogen-bond donors (Lipinski definition) is 0. The number of anilines is 3. The minimum absolute atomic E-state index is 0.349. The first-order valence-electron chi connectivity index (χ1n) is 10.8. The van der Waals surface area contributed by atoms with E-state index in [1.807, 2.05) is 47.9 Å². The lowest BCUT2D eigenvalue weighted by Crippen LogP contribution is -2.49. The van der Waals surface area contributed by atoms with Crippen molar-refractivity contribution in [1.82, 2.24) is 15.0 Å². The highest BCUT2D eigenvalue weighted by atomic mass is 16.3. The largest absolute Gasteiger partial charge is 0.435 e. The highest BCUT2D eigenvalue weighted by Gasteiger charge is 2.43. The van der Waals surface area contributed by atoms with Crippen LogP contribution in [0.15, 0.2) is 47.3 Å². The van der Waals surface area contributed by atoms with E-state index in [1.54, 1.807) is 32.4 Å². The van der Waals surface area contributed by atoms with E-state index in [0.717, 1.165) is 22.0 Å². The van der Waals surface area contributed by atoms with E-state index in [-0.39, 0.29) is 6.17 Å². The molecular formula is C22H23N5O. The average Bonchev–Trinajstić information content (AvgIpc) is 3.22. The number of nitrogens with zero attached hydrogens (tertiary/aromatic N) is 5. The lowest BCUT2D eigenvalue weighted by molar-refractivity contribution is 0.464. The van der Waals surface area contributed by atoms with Crippen molar-refractivity contribution in [2.24, 2.45) is 0 Å². The third-order valence-electron chi connectivity index (χ3n) is 5.30. The molecule has 1 aliphatic heterocycles. The van der Waals surface area contributed by atoms with Crippen LogP contribution >= 0.6 is 0 Å². The van der Waals surface area contributed by atoms with Gasteiger partial charge in [0.1, 0.15) is 6.17 Å². The van der Waals surface area contributed by atoms with Crippen LogP contribution in [0.25, 0.3) is 22.1 Å². The zero-order valence-corrected chi connectivity index (χ0v) is 16.3. The lowest BCUT2D eigenvalue weighted by atomic mass is 10.1. The van der Waals surface area contributed by atoms with E-state index < -0.39 is 12.4 Å². The molecule has 6 nitrogen and oxygen atoms in total. The van der Waals surface area contributed by atoms with Crippen molar-refractivity contribution in [1.29, 1.82) is 0 Å². The minimum Gasteiger partial charge on any atom is -0.435 e. The maximum atomic E-state index is 8.15. The lowest BCUT2D eigenvalue weighted by Gasteiger charge is -2.38. The van der Waals surface area contributed by atoms with Gasteiger partial charge >= 0.3 is 0 Å². The normalized spacial score (nSPS) is 19.0. The van der Waals surface area contributed by atoms with Crippen LogP contribution < -0.4 is 9.80 Å². The van der Waals surface area contributed by atoms with E-state index in [1.165, 1.54) is 0 Å². The summed E-state index contributed by atoms with van der Waals surface area (Å²) in [5, 5.41) is 1.89. The van der Waals surface area contributed by atoms with Crippen molar-refractivity contribution >= 4 is 39.4 Å². The number of fused-ring (bicyclic) bond motifs is 4. The van der Waals surface area contributed by atoms with Crippen LogP contribution in [0.1, 0.15) is 37.3 Å². The van der Waals surface area contributed by atoms with Gasteiger partial charge in [0, 0.05) is 39.0 Å². The summed E-state index contributed by atoms with van der Waals surface area (Å²) in [6.45, 7) is 5.19. The monoisotopic (exact) mass is 376 g/mol. The Balaban J connectivity index is 1.79. The molecule has 4 heterocycles. The topological polar surface area (TPSA) is 58.3 Å². The second-order valence-electron chi connectivity index (χ2n) is 7.70. The Morgan fingerprint density at radius 2 is 1.82 bits per heavy atom. The molecule has 0 amide bonds. The number of aromatic nitrogens is 3. The molecule has 0 saturated carbocycles. The Morgan fingerprint density at radius 3 is 2.61 bits per heavy atom. The zero-order valence-electron chi connectivity index (χ0n) is 19.3. The Bertz CT molecular complexity index is 1310. The summed E-state index contributed by atoms with van der Waals surface area (Å²) in [6, 6.07) is 7.94. The predicted octanol–water partition coefficient (Wildman–Crippen LogP) is 5.18. The number of pyridine rings is 1. The number of aryl methyl sites for hydroxylation is 1. The molecule has 1 aliphatic rings. The summed E-state index contributed by atoms with van der Waals surface area (Å²) in [7, 11) is 0. The van der Waals surface area contributed by atoms with Gasteiger partial charge in [-0.1, -0.05) is 12.1 Å². The van der Waals surface area contributed by atoms with Crippen LogP contribution in [0.5, 0.6) is 0 Å². The number of furan rings is 1. The summed E-state index contributed by atoms with van der Waals surface area (Å²) >= 11 is 0. The summed E-state index contributed by atoms with van der Waals surface area (Å²) in [6.07, 6.45) is 4.58. The van der Waals surface area contributed by atoms with Crippen LogP contribution in [0.3, 0.4) is 0 Å². The Kier molecular flexibility index (Phi) is 2.82. The second-order valence-corrected chi connectivity index (χ2v) is 7.70. The van der Waals surface area contributed by atoms with Crippen LogP contribution in [0, 0.1) is 6.92 Å². The second kappa shape index (κ2) is 5.67. The summed E-state index contributed by atoms with van der Waals surface area (Å²) in [4.78, 5) is 17.4. The van der Waals surface area contributed by atoms with Gasteiger partial charge in [-0.2, -0.15) is 0 Å². The fourth-order valence-corrected chi connectivity index (χ4v) is 4.22. The van der Waals surface area contributed by atoms with Crippen LogP contribution in [-0.2, 0) is 0 Å². The first-order chi connectivity index (χ1) is 14.6. The molecule has 0 aliphatic carbocycles. The van der Waals surface area contributed by atoms with Gasteiger partial charge < -0.3 is 9.32 Å². The highest BCUT2D eigenvalue weighted by molar-refractivity contribution is 6.09. The third kappa shape index (κ3) is 2.24. The van der Waals surface area contributed by atoms with Gasteiger partial charge in [0.05, 0.1) is 5.69 Å².